The molecule has 15 heavy (non-hydrogen) atoms. The lowest BCUT2D eigenvalue weighted by molar-refractivity contribution is -0.114. The number of allylic oxidation sites excluding steroid dienone is 4. The van der Waals surface area contributed by atoms with E-state index in [0.717, 1.165) is 10.6 Å². The van der Waals surface area contributed by atoms with E-state index in [1.807, 2.05) is 13.8 Å². The summed E-state index contributed by atoms with van der Waals surface area (Å²) in [6.45, 7) is 3.71. The zero-order chi connectivity index (χ0) is 11.4. The fourth-order valence-corrected chi connectivity index (χ4v) is 1.07. The summed E-state index contributed by atoms with van der Waals surface area (Å²) in [5, 5.41) is 10.6. The van der Waals surface area contributed by atoms with Crippen LogP contribution >= 0.6 is 0 Å². The second-order valence-electron chi connectivity index (χ2n) is 3.51. The highest BCUT2D eigenvalue weighted by molar-refractivity contribution is 6.04. The molecule has 0 amide bonds. The third-order valence-electron chi connectivity index (χ3n) is 2.00. The predicted octanol–water partition coefficient (Wildman–Crippen LogP) is 1.64. The minimum atomic E-state index is -0.163. The summed E-state index contributed by atoms with van der Waals surface area (Å²) in [4.78, 5) is 11.2. The van der Waals surface area contributed by atoms with Gasteiger partial charge in [-0.3, -0.25) is 15.1 Å². The number of carbonyl (C=O) groups excluding carboxylic acids is 1. The van der Waals surface area contributed by atoms with E-state index in [-0.39, 0.29) is 17.6 Å². The van der Waals surface area contributed by atoms with Crippen molar-refractivity contribution >= 4 is 5.78 Å². The van der Waals surface area contributed by atoms with Crippen molar-refractivity contribution in [1.29, 1.82) is 0 Å². The van der Waals surface area contributed by atoms with Crippen LogP contribution in [-0.4, -0.2) is 29.2 Å². The molecule has 0 saturated heterocycles. The number of hydrogen-bond acceptors (Lipinski definition) is 4. The molecular weight excluding hydrogens is 194 g/mol. The van der Waals surface area contributed by atoms with Gasteiger partial charge in [-0.05, 0) is 37.6 Å². The Labute approximate surface area is 89.1 Å². The normalized spacial score (nSPS) is 18.3. The zero-order valence-electron chi connectivity index (χ0n) is 9.10. The van der Waals surface area contributed by atoms with Crippen molar-refractivity contribution in [3.05, 3.63) is 35.8 Å². The maximum absolute atomic E-state index is 11.2. The van der Waals surface area contributed by atoms with Crippen LogP contribution in [-0.2, 0) is 9.53 Å². The van der Waals surface area contributed by atoms with E-state index in [2.05, 4.69) is 0 Å². The summed E-state index contributed by atoms with van der Waals surface area (Å²) in [5.41, 5.74) is 0.725. The van der Waals surface area contributed by atoms with E-state index in [1.54, 1.807) is 18.4 Å². The van der Waals surface area contributed by atoms with Gasteiger partial charge in [0.15, 0.2) is 5.76 Å². The molecule has 1 aliphatic carbocycles. The molecule has 0 atom stereocenters. The van der Waals surface area contributed by atoms with Crippen LogP contribution in [0, 0.1) is 0 Å². The molecule has 0 aromatic heterocycles. The van der Waals surface area contributed by atoms with Gasteiger partial charge in [0.2, 0.25) is 5.78 Å². The Balaban J connectivity index is 2.85. The Bertz CT molecular complexity index is 340. The molecule has 0 heterocycles. The van der Waals surface area contributed by atoms with Gasteiger partial charge in [-0.2, -0.15) is 0 Å². The first-order chi connectivity index (χ1) is 7.04. The van der Waals surface area contributed by atoms with E-state index in [4.69, 9.17) is 4.74 Å². The Hall–Kier alpha value is -1.55. The van der Waals surface area contributed by atoms with Gasteiger partial charge >= 0.3 is 0 Å². The van der Waals surface area contributed by atoms with Crippen LogP contribution in [0.3, 0.4) is 0 Å². The topological polar surface area (TPSA) is 49.8 Å². The molecule has 1 rings (SSSR count). The lowest BCUT2D eigenvalue weighted by Gasteiger charge is -2.17. The van der Waals surface area contributed by atoms with Crippen LogP contribution in [0.2, 0.25) is 0 Å². The number of hydrogen-bond donors (Lipinski definition) is 1. The smallest absolute Gasteiger partial charge is 0.220 e. The van der Waals surface area contributed by atoms with Gasteiger partial charge in [-0.1, -0.05) is 0 Å². The minimum absolute atomic E-state index is 0.0112. The quantitative estimate of drug-likeness (QED) is 0.718. The van der Waals surface area contributed by atoms with Crippen molar-refractivity contribution in [1.82, 2.24) is 5.06 Å². The highest BCUT2D eigenvalue weighted by atomic mass is 16.5. The third kappa shape index (κ3) is 2.95. The van der Waals surface area contributed by atoms with Crippen LogP contribution < -0.4 is 0 Å². The molecule has 0 bridgehead atoms. The highest BCUT2D eigenvalue weighted by Crippen LogP contribution is 2.14. The molecule has 0 spiro atoms. The lowest BCUT2D eigenvalue weighted by Crippen LogP contribution is -2.21. The number of methoxy groups -OCH3 is 1. The standard InChI is InChI=1S/C11H15NO3/c1-8(2)12(14)7-9-4-5-10(13)11(6-9)15-3/h4-8,14H,1-3H3. The fraction of sp³-hybridized carbons (Fsp3) is 0.364. The van der Waals surface area contributed by atoms with Gasteiger partial charge in [0.1, 0.15) is 0 Å². The van der Waals surface area contributed by atoms with Crippen molar-refractivity contribution in [3.63, 3.8) is 0 Å². The fourth-order valence-electron chi connectivity index (χ4n) is 1.07. The van der Waals surface area contributed by atoms with E-state index >= 15 is 0 Å². The van der Waals surface area contributed by atoms with Crippen LogP contribution in [0.25, 0.3) is 0 Å². The van der Waals surface area contributed by atoms with Crippen molar-refractivity contribution in [3.8, 4) is 0 Å². The van der Waals surface area contributed by atoms with Crippen molar-refractivity contribution < 1.29 is 14.7 Å². The largest absolute Gasteiger partial charge is 0.493 e. The monoisotopic (exact) mass is 209 g/mol. The molecule has 4 nitrogen and oxygen atoms in total. The average Bonchev–Trinajstić information content (AvgIpc) is 2.20. The molecule has 0 saturated carbocycles. The zero-order valence-corrected chi connectivity index (χ0v) is 9.10. The van der Waals surface area contributed by atoms with Crippen molar-refractivity contribution in [2.45, 2.75) is 19.9 Å². The third-order valence-corrected chi connectivity index (χ3v) is 2.00. The average molecular weight is 209 g/mol. The highest BCUT2D eigenvalue weighted by Gasteiger charge is 2.12. The first kappa shape index (κ1) is 11.5. The summed E-state index contributed by atoms with van der Waals surface area (Å²) in [7, 11) is 1.44. The molecule has 1 aliphatic rings. The predicted molar refractivity (Wildman–Crippen MR) is 56.1 cm³/mol. The van der Waals surface area contributed by atoms with E-state index < -0.39 is 0 Å². The number of carbonyl (C=O) groups is 1. The molecule has 82 valence electrons. The number of hydroxylamine groups is 2. The van der Waals surface area contributed by atoms with Gasteiger partial charge in [0.25, 0.3) is 0 Å². The van der Waals surface area contributed by atoms with Gasteiger partial charge in [-0.15, -0.1) is 0 Å². The first-order valence-electron chi connectivity index (χ1n) is 4.71. The molecule has 0 radical (unpaired) electrons. The van der Waals surface area contributed by atoms with E-state index in [0.29, 0.717) is 0 Å². The Morgan fingerprint density at radius 1 is 1.47 bits per heavy atom. The van der Waals surface area contributed by atoms with Gasteiger partial charge in [0, 0.05) is 6.20 Å². The maximum Gasteiger partial charge on any atom is 0.220 e. The minimum Gasteiger partial charge on any atom is -0.493 e. The van der Waals surface area contributed by atoms with Gasteiger partial charge < -0.3 is 4.74 Å². The maximum atomic E-state index is 11.2. The van der Waals surface area contributed by atoms with Crippen LogP contribution in [0.15, 0.2) is 35.8 Å². The summed E-state index contributed by atoms with van der Waals surface area (Å²) in [5.74, 6) is 0.115. The summed E-state index contributed by atoms with van der Waals surface area (Å²) in [6.07, 6.45) is 6.19. The molecule has 0 aliphatic heterocycles. The van der Waals surface area contributed by atoms with Crippen LogP contribution in [0.4, 0.5) is 0 Å². The molecule has 0 aromatic rings. The molecule has 1 N–H and O–H groups in total. The SMILES string of the molecule is COC1=CC(=CN(O)C(C)C)C=CC1=O. The van der Waals surface area contributed by atoms with Crippen molar-refractivity contribution in [2.24, 2.45) is 0 Å². The molecule has 0 unspecified atom stereocenters. The number of ether oxygens (including phenoxy) is 1. The van der Waals surface area contributed by atoms with Crippen LogP contribution in [0.5, 0.6) is 0 Å². The van der Waals surface area contributed by atoms with E-state index in [1.165, 1.54) is 13.2 Å². The lowest BCUT2D eigenvalue weighted by atomic mass is 10.1. The Kier molecular flexibility index (Phi) is 3.68. The molecule has 4 heteroatoms. The number of rotatable bonds is 3. The number of nitrogens with zero attached hydrogens (tertiary/aromatic N) is 1. The van der Waals surface area contributed by atoms with E-state index in [9.17, 15) is 10.0 Å². The first-order valence-corrected chi connectivity index (χ1v) is 4.71. The van der Waals surface area contributed by atoms with Gasteiger partial charge in [0.05, 0.1) is 13.2 Å². The van der Waals surface area contributed by atoms with Gasteiger partial charge in [-0.25, -0.2) is 0 Å². The number of ketones is 1. The summed E-state index contributed by atoms with van der Waals surface area (Å²) < 4.78 is 4.90. The van der Waals surface area contributed by atoms with Crippen molar-refractivity contribution in [2.75, 3.05) is 7.11 Å². The van der Waals surface area contributed by atoms with Crippen LogP contribution in [0.1, 0.15) is 13.8 Å². The second-order valence-corrected chi connectivity index (χ2v) is 3.51. The molecule has 0 aromatic carbocycles. The second kappa shape index (κ2) is 4.79. The summed E-state index contributed by atoms with van der Waals surface area (Å²) in [6, 6.07) is -0.0112. The Morgan fingerprint density at radius 2 is 2.13 bits per heavy atom. The Morgan fingerprint density at radius 3 is 2.67 bits per heavy atom. The summed E-state index contributed by atoms with van der Waals surface area (Å²) >= 11 is 0. The molecule has 0 fully saturated rings. The molecular formula is C11H15NO3.